The first-order valence-corrected chi connectivity index (χ1v) is 9.52. The van der Waals surface area contributed by atoms with E-state index in [-0.39, 0.29) is 28.7 Å². The van der Waals surface area contributed by atoms with Crippen molar-refractivity contribution in [3.8, 4) is 0 Å². The average Bonchev–Trinajstić information content (AvgIpc) is 3.29. The summed E-state index contributed by atoms with van der Waals surface area (Å²) in [6.45, 7) is 6.31. The van der Waals surface area contributed by atoms with Crippen LogP contribution in [0, 0.1) is 30.9 Å². The minimum atomic E-state index is -0.757. The molecule has 1 aliphatic heterocycles. The van der Waals surface area contributed by atoms with Gasteiger partial charge < -0.3 is 14.0 Å². The molecule has 1 aromatic heterocycles. The van der Waals surface area contributed by atoms with Crippen LogP contribution in [-0.4, -0.2) is 40.6 Å². The molecule has 8 heteroatoms. The standard InChI is InChI=1S/C21H24N2O6/c1-13-10-18(15(3)22(13)11-16-6-5-9-28-16)20(24)12-29-21(25)17-7-4-8-19(14(17)2)23(26)27/h4,7-8,10,16H,5-6,9,11-12H2,1-3H3/t16-/m0/s1. The number of nitro groups is 1. The van der Waals surface area contributed by atoms with Crippen molar-refractivity contribution in [2.24, 2.45) is 0 Å². The third-order valence-electron chi connectivity index (χ3n) is 5.34. The number of hydrogen-bond donors (Lipinski definition) is 0. The third-order valence-corrected chi connectivity index (χ3v) is 5.34. The van der Waals surface area contributed by atoms with Crippen molar-refractivity contribution in [2.45, 2.75) is 46.3 Å². The van der Waals surface area contributed by atoms with Crippen LogP contribution in [0.15, 0.2) is 24.3 Å². The molecule has 29 heavy (non-hydrogen) atoms. The second-order valence-electron chi connectivity index (χ2n) is 7.24. The summed E-state index contributed by atoms with van der Waals surface area (Å²) < 4.78 is 12.9. The Kier molecular flexibility index (Phi) is 6.12. The highest BCUT2D eigenvalue weighted by Gasteiger charge is 2.23. The van der Waals surface area contributed by atoms with Crippen LogP contribution in [0.5, 0.6) is 0 Å². The van der Waals surface area contributed by atoms with Gasteiger partial charge >= 0.3 is 5.97 Å². The molecule has 3 rings (SSSR count). The van der Waals surface area contributed by atoms with E-state index >= 15 is 0 Å². The van der Waals surface area contributed by atoms with Crippen molar-refractivity contribution < 1.29 is 24.0 Å². The maximum atomic E-state index is 12.6. The first-order valence-electron chi connectivity index (χ1n) is 9.52. The molecule has 154 valence electrons. The van der Waals surface area contributed by atoms with Gasteiger partial charge in [-0.3, -0.25) is 14.9 Å². The quantitative estimate of drug-likeness (QED) is 0.305. The molecule has 2 heterocycles. The van der Waals surface area contributed by atoms with Gasteiger partial charge in [0, 0.05) is 41.7 Å². The molecule has 0 spiro atoms. The molecule has 1 aliphatic rings. The molecule has 0 bridgehead atoms. The molecule has 0 aliphatic carbocycles. The molecule has 1 atom stereocenters. The van der Waals surface area contributed by atoms with Crippen LogP contribution < -0.4 is 0 Å². The summed E-state index contributed by atoms with van der Waals surface area (Å²) in [5, 5.41) is 11.0. The summed E-state index contributed by atoms with van der Waals surface area (Å²) in [6.07, 6.45) is 2.20. The molecular weight excluding hydrogens is 376 g/mol. The van der Waals surface area contributed by atoms with Crippen LogP contribution in [0.3, 0.4) is 0 Å². The fourth-order valence-electron chi connectivity index (χ4n) is 3.69. The number of Topliss-reactive ketones (excluding diaryl/α,β-unsaturated/α-hetero) is 1. The average molecular weight is 400 g/mol. The highest BCUT2D eigenvalue weighted by Crippen LogP contribution is 2.23. The first-order chi connectivity index (χ1) is 13.8. The molecule has 0 radical (unpaired) electrons. The topological polar surface area (TPSA) is 101 Å². The van der Waals surface area contributed by atoms with Crippen molar-refractivity contribution in [2.75, 3.05) is 13.2 Å². The number of benzene rings is 1. The molecular formula is C21H24N2O6. The Bertz CT molecular complexity index is 956. The lowest BCUT2D eigenvalue weighted by Gasteiger charge is -2.14. The van der Waals surface area contributed by atoms with Crippen LogP contribution in [0.2, 0.25) is 0 Å². The van der Waals surface area contributed by atoms with Crippen molar-refractivity contribution in [1.82, 2.24) is 4.57 Å². The number of carbonyl (C=O) groups excluding carboxylic acids is 2. The first kappa shape index (κ1) is 20.7. The number of carbonyl (C=O) groups is 2. The number of rotatable bonds is 7. The van der Waals surface area contributed by atoms with Crippen molar-refractivity contribution >= 4 is 17.4 Å². The van der Waals surface area contributed by atoms with E-state index in [4.69, 9.17) is 9.47 Å². The predicted molar refractivity (Wildman–Crippen MR) is 105 cm³/mol. The van der Waals surface area contributed by atoms with Gasteiger partial charge in [0.2, 0.25) is 5.78 Å². The fraction of sp³-hybridized carbons (Fsp3) is 0.429. The Morgan fingerprint density at radius 1 is 1.28 bits per heavy atom. The Balaban J connectivity index is 1.69. The fourth-order valence-corrected chi connectivity index (χ4v) is 3.69. The normalized spacial score (nSPS) is 16.0. The van der Waals surface area contributed by atoms with Crippen molar-refractivity contribution in [3.63, 3.8) is 0 Å². The zero-order valence-corrected chi connectivity index (χ0v) is 16.8. The molecule has 8 nitrogen and oxygen atoms in total. The summed E-state index contributed by atoms with van der Waals surface area (Å²) in [5.74, 6) is -1.07. The highest BCUT2D eigenvalue weighted by molar-refractivity contribution is 6.00. The number of ketones is 1. The van der Waals surface area contributed by atoms with Gasteiger partial charge in [-0.2, -0.15) is 0 Å². The Hall–Kier alpha value is -3.00. The number of hydrogen-bond acceptors (Lipinski definition) is 6. The zero-order chi connectivity index (χ0) is 21.1. The van der Waals surface area contributed by atoms with Gasteiger partial charge in [0.25, 0.3) is 5.69 Å². The van der Waals surface area contributed by atoms with Gasteiger partial charge in [-0.05, 0) is 45.7 Å². The van der Waals surface area contributed by atoms with Gasteiger partial charge in [0.1, 0.15) is 0 Å². The van der Waals surface area contributed by atoms with E-state index in [1.165, 1.54) is 25.1 Å². The summed E-state index contributed by atoms with van der Waals surface area (Å²) in [4.78, 5) is 35.5. The van der Waals surface area contributed by atoms with Gasteiger partial charge in [-0.25, -0.2) is 4.79 Å². The molecule has 0 amide bonds. The van der Waals surface area contributed by atoms with E-state index in [9.17, 15) is 19.7 Å². The molecule has 0 unspecified atom stereocenters. The minimum absolute atomic E-state index is 0.0795. The maximum Gasteiger partial charge on any atom is 0.339 e. The second kappa shape index (κ2) is 8.57. The molecule has 1 fully saturated rings. The van der Waals surface area contributed by atoms with E-state index in [2.05, 4.69) is 4.57 Å². The Morgan fingerprint density at radius 2 is 2.03 bits per heavy atom. The van der Waals surface area contributed by atoms with Crippen molar-refractivity contribution in [1.29, 1.82) is 0 Å². The lowest BCUT2D eigenvalue weighted by molar-refractivity contribution is -0.385. The van der Waals surface area contributed by atoms with Crippen LogP contribution in [-0.2, 0) is 16.0 Å². The van der Waals surface area contributed by atoms with E-state index in [1.807, 2.05) is 13.8 Å². The van der Waals surface area contributed by atoms with Crippen LogP contribution in [0.4, 0.5) is 5.69 Å². The monoisotopic (exact) mass is 400 g/mol. The van der Waals surface area contributed by atoms with Gasteiger partial charge in [0.15, 0.2) is 6.61 Å². The van der Waals surface area contributed by atoms with Crippen LogP contribution >= 0.6 is 0 Å². The lowest BCUT2D eigenvalue weighted by atomic mass is 10.1. The summed E-state index contributed by atoms with van der Waals surface area (Å²) >= 11 is 0. The zero-order valence-electron chi connectivity index (χ0n) is 16.8. The maximum absolute atomic E-state index is 12.6. The molecule has 2 aromatic rings. The van der Waals surface area contributed by atoms with E-state index in [0.717, 1.165) is 30.8 Å². The second-order valence-corrected chi connectivity index (χ2v) is 7.24. The number of nitro benzene ring substituents is 1. The number of esters is 1. The van der Waals surface area contributed by atoms with Gasteiger partial charge in [-0.1, -0.05) is 6.07 Å². The van der Waals surface area contributed by atoms with Gasteiger partial charge in [-0.15, -0.1) is 0 Å². The Labute approximate surface area is 168 Å². The lowest BCUT2D eigenvalue weighted by Crippen LogP contribution is -2.18. The number of aryl methyl sites for hydroxylation is 1. The van der Waals surface area contributed by atoms with Crippen LogP contribution in [0.25, 0.3) is 0 Å². The molecule has 1 saturated heterocycles. The van der Waals surface area contributed by atoms with Crippen LogP contribution in [0.1, 0.15) is 50.5 Å². The highest BCUT2D eigenvalue weighted by atomic mass is 16.6. The Morgan fingerprint density at radius 3 is 2.69 bits per heavy atom. The smallest absolute Gasteiger partial charge is 0.339 e. The molecule has 0 saturated carbocycles. The molecule has 1 aromatic carbocycles. The van der Waals surface area contributed by atoms with E-state index in [0.29, 0.717) is 12.1 Å². The van der Waals surface area contributed by atoms with E-state index < -0.39 is 17.5 Å². The summed E-state index contributed by atoms with van der Waals surface area (Å²) in [5.41, 5.74) is 2.39. The number of nitrogens with zero attached hydrogens (tertiary/aromatic N) is 2. The molecule has 0 N–H and O–H groups in total. The predicted octanol–water partition coefficient (Wildman–Crippen LogP) is 3.54. The number of ether oxygens (including phenoxy) is 2. The minimum Gasteiger partial charge on any atom is -0.454 e. The van der Waals surface area contributed by atoms with E-state index in [1.54, 1.807) is 6.07 Å². The SMILES string of the molecule is Cc1c(C(=O)OCC(=O)c2cc(C)n(C[C@@H]3CCCO3)c2C)cccc1[N+](=O)[O-]. The summed E-state index contributed by atoms with van der Waals surface area (Å²) in [7, 11) is 0. The van der Waals surface area contributed by atoms with Gasteiger partial charge in [0.05, 0.1) is 16.6 Å². The summed E-state index contributed by atoms with van der Waals surface area (Å²) in [6, 6.07) is 5.98. The largest absolute Gasteiger partial charge is 0.454 e. The number of aromatic nitrogens is 1. The van der Waals surface area contributed by atoms with Crippen molar-refractivity contribution in [3.05, 3.63) is 62.5 Å². The third kappa shape index (κ3) is 4.37.